The lowest BCUT2D eigenvalue weighted by molar-refractivity contribution is -0.153. The van der Waals surface area contributed by atoms with E-state index in [9.17, 15) is 14.7 Å². The first-order chi connectivity index (χ1) is 10.6. The second kappa shape index (κ2) is 11.2. The third kappa shape index (κ3) is 8.13. The largest absolute Gasteiger partial charge is 0.454 e. The molecule has 1 rings (SSSR count). The van der Waals surface area contributed by atoms with E-state index < -0.39 is 12.2 Å². The minimum atomic E-state index is -0.776. The van der Waals surface area contributed by atoms with Crippen molar-refractivity contribution in [3.63, 3.8) is 0 Å². The summed E-state index contributed by atoms with van der Waals surface area (Å²) in [7, 11) is 0. The van der Waals surface area contributed by atoms with Crippen LogP contribution in [0.15, 0.2) is 24.3 Å². The van der Waals surface area contributed by atoms with Crippen LogP contribution in [0, 0.1) is 0 Å². The van der Waals surface area contributed by atoms with Crippen LogP contribution in [-0.4, -0.2) is 29.1 Å². The number of rotatable bonds is 3. The van der Waals surface area contributed by atoms with Crippen molar-refractivity contribution in [3.8, 4) is 0 Å². The molecule has 0 bridgehead atoms. The lowest BCUT2D eigenvalue weighted by atomic mass is 10.0. The normalized spacial score (nSPS) is 27.4. The smallest absolute Gasteiger partial charge is 0.306 e. The second-order valence-electron chi connectivity index (χ2n) is 5.73. The first-order valence-electron chi connectivity index (χ1n) is 8.38. The summed E-state index contributed by atoms with van der Waals surface area (Å²) in [5.41, 5.74) is 0. The summed E-state index contributed by atoms with van der Waals surface area (Å²) >= 11 is 0. The van der Waals surface area contributed by atoms with Gasteiger partial charge >= 0.3 is 5.97 Å². The van der Waals surface area contributed by atoms with Crippen LogP contribution in [0.4, 0.5) is 0 Å². The molecule has 0 aromatic heterocycles. The summed E-state index contributed by atoms with van der Waals surface area (Å²) < 4.78 is 5.32. The van der Waals surface area contributed by atoms with E-state index in [-0.39, 0.29) is 11.8 Å². The molecule has 0 amide bonds. The van der Waals surface area contributed by atoms with Crippen molar-refractivity contribution in [2.45, 2.75) is 76.9 Å². The number of aliphatic hydroxyl groups is 1. The molecule has 2 atom stereocenters. The van der Waals surface area contributed by atoms with Crippen LogP contribution in [0.25, 0.3) is 0 Å². The van der Waals surface area contributed by atoms with Gasteiger partial charge < -0.3 is 9.84 Å². The monoisotopic (exact) mass is 308 g/mol. The van der Waals surface area contributed by atoms with Crippen molar-refractivity contribution in [2.24, 2.45) is 0 Å². The highest BCUT2D eigenvalue weighted by atomic mass is 16.5. The quantitative estimate of drug-likeness (QED) is 0.640. The fourth-order valence-corrected chi connectivity index (χ4v) is 2.39. The number of cyclic esters (lactones) is 1. The zero-order valence-corrected chi connectivity index (χ0v) is 13.5. The highest BCUT2D eigenvalue weighted by Crippen LogP contribution is 2.13. The van der Waals surface area contributed by atoms with Crippen LogP contribution < -0.4 is 0 Å². The molecule has 0 saturated heterocycles. The third-order valence-corrected chi connectivity index (χ3v) is 3.71. The second-order valence-corrected chi connectivity index (χ2v) is 5.73. The van der Waals surface area contributed by atoms with Crippen LogP contribution in [0.5, 0.6) is 0 Å². The van der Waals surface area contributed by atoms with Crippen molar-refractivity contribution < 1.29 is 19.4 Å². The molecule has 1 N–H and O–H groups in total. The number of aliphatic hydroxyl groups excluding tert-OH is 1. The Balaban J connectivity index is 2.72. The number of allylic oxidation sites excluding steroid dienone is 1. The molecule has 4 heteroatoms. The molecule has 124 valence electrons. The minimum absolute atomic E-state index is 0.259. The molecule has 0 saturated carbocycles. The van der Waals surface area contributed by atoms with Gasteiger partial charge in [-0.05, 0) is 25.3 Å². The number of ketones is 1. The average molecular weight is 308 g/mol. The first kappa shape index (κ1) is 18.6. The van der Waals surface area contributed by atoms with Gasteiger partial charge in [-0.2, -0.15) is 0 Å². The van der Waals surface area contributed by atoms with E-state index in [0.29, 0.717) is 19.3 Å². The molecule has 22 heavy (non-hydrogen) atoms. The van der Waals surface area contributed by atoms with E-state index in [1.807, 2.05) is 19.1 Å². The fourth-order valence-electron chi connectivity index (χ4n) is 2.39. The molecule has 0 aromatic rings. The molecule has 0 spiro atoms. The predicted octanol–water partition coefficient (Wildman–Crippen LogP) is 3.49. The Hall–Kier alpha value is -1.42. The standard InChI is InChI=1S/C18H28O4/c1-2-3-7-11-17-16(20)14-13-15(19)10-8-5-4-6-9-12-18(21)22-17/h3,7,13-15,17,19H,2,4-6,8-12H2,1H3/b7-3-,14-13+/t15-,17-/m1/s1. The summed E-state index contributed by atoms with van der Waals surface area (Å²) in [6, 6.07) is 0. The average Bonchev–Trinajstić information content (AvgIpc) is 2.50. The van der Waals surface area contributed by atoms with Gasteiger partial charge in [0, 0.05) is 12.8 Å². The van der Waals surface area contributed by atoms with Gasteiger partial charge in [-0.25, -0.2) is 0 Å². The van der Waals surface area contributed by atoms with Crippen molar-refractivity contribution in [1.29, 1.82) is 0 Å². The zero-order chi connectivity index (χ0) is 16.2. The lowest BCUT2D eigenvalue weighted by Crippen LogP contribution is -2.26. The maximum absolute atomic E-state index is 12.2. The Morgan fingerprint density at radius 3 is 2.68 bits per heavy atom. The van der Waals surface area contributed by atoms with E-state index in [2.05, 4.69) is 0 Å². The van der Waals surface area contributed by atoms with Gasteiger partial charge in [0.15, 0.2) is 11.9 Å². The molecular weight excluding hydrogens is 280 g/mol. The van der Waals surface area contributed by atoms with Gasteiger partial charge in [0.1, 0.15) is 0 Å². The lowest BCUT2D eigenvalue weighted by Gasteiger charge is -2.14. The van der Waals surface area contributed by atoms with Crippen molar-refractivity contribution in [3.05, 3.63) is 24.3 Å². The van der Waals surface area contributed by atoms with E-state index in [4.69, 9.17) is 4.74 Å². The summed E-state index contributed by atoms with van der Waals surface area (Å²) in [5, 5.41) is 9.83. The highest BCUT2D eigenvalue weighted by Gasteiger charge is 2.20. The van der Waals surface area contributed by atoms with Crippen LogP contribution in [-0.2, 0) is 14.3 Å². The predicted molar refractivity (Wildman–Crippen MR) is 86.4 cm³/mol. The topological polar surface area (TPSA) is 63.6 Å². The van der Waals surface area contributed by atoms with Crippen molar-refractivity contribution in [2.75, 3.05) is 0 Å². The number of ether oxygens (including phenoxy) is 1. The molecule has 1 aliphatic rings. The summed E-state index contributed by atoms with van der Waals surface area (Å²) in [4.78, 5) is 24.0. The van der Waals surface area contributed by atoms with Gasteiger partial charge in [0.25, 0.3) is 0 Å². The van der Waals surface area contributed by atoms with Crippen LogP contribution in [0.1, 0.15) is 64.7 Å². The van der Waals surface area contributed by atoms with Crippen molar-refractivity contribution >= 4 is 11.8 Å². The number of esters is 1. The van der Waals surface area contributed by atoms with E-state index >= 15 is 0 Å². The number of carbonyl (C=O) groups excluding carboxylic acids is 2. The van der Waals surface area contributed by atoms with Crippen molar-refractivity contribution in [1.82, 2.24) is 0 Å². The summed E-state index contributed by atoms with van der Waals surface area (Å²) in [6.45, 7) is 2.01. The van der Waals surface area contributed by atoms with Crippen LogP contribution in [0.2, 0.25) is 0 Å². The number of carbonyl (C=O) groups is 2. The Labute approximate surface area is 133 Å². The number of hydrogen-bond donors (Lipinski definition) is 1. The Bertz CT molecular complexity index is 398. The summed E-state index contributed by atoms with van der Waals surface area (Å²) in [5.74, 6) is -0.570. The molecule has 0 aromatic carbocycles. The van der Waals surface area contributed by atoms with E-state index in [0.717, 1.165) is 38.5 Å². The molecule has 0 unspecified atom stereocenters. The van der Waals surface area contributed by atoms with Gasteiger partial charge in [-0.15, -0.1) is 0 Å². The molecule has 1 heterocycles. The Morgan fingerprint density at radius 1 is 1.18 bits per heavy atom. The molecule has 0 radical (unpaired) electrons. The molecule has 0 fully saturated rings. The van der Waals surface area contributed by atoms with E-state index in [1.165, 1.54) is 12.2 Å². The van der Waals surface area contributed by atoms with E-state index in [1.54, 1.807) is 0 Å². The van der Waals surface area contributed by atoms with Gasteiger partial charge in [0.2, 0.25) is 0 Å². The maximum Gasteiger partial charge on any atom is 0.306 e. The maximum atomic E-state index is 12.2. The Morgan fingerprint density at radius 2 is 1.91 bits per heavy atom. The molecule has 1 aliphatic heterocycles. The SMILES string of the molecule is CC/C=C\C[C@H]1OC(=O)CCCCCCC[C@@H](O)/C=C/C1=O. The van der Waals surface area contributed by atoms with Gasteiger partial charge in [0.05, 0.1) is 6.10 Å². The highest BCUT2D eigenvalue weighted by molar-refractivity contribution is 5.95. The first-order valence-corrected chi connectivity index (χ1v) is 8.38. The minimum Gasteiger partial charge on any atom is -0.454 e. The summed E-state index contributed by atoms with van der Waals surface area (Å²) in [6.07, 6.45) is 12.4. The molecular formula is C18H28O4. The fraction of sp³-hybridized carbons (Fsp3) is 0.667. The van der Waals surface area contributed by atoms with Gasteiger partial charge in [-0.1, -0.05) is 50.8 Å². The third-order valence-electron chi connectivity index (χ3n) is 3.71. The number of hydrogen-bond acceptors (Lipinski definition) is 4. The van der Waals surface area contributed by atoms with Crippen LogP contribution in [0.3, 0.4) is 0 Å². The zero-order valence-electron chi connectivity index (χ0n) is 13.5. The van der Waals surface area contributed by atoms with Gasteiger partial charge in [-0.3, -0.25) is 9.59 Å². The Kier molecular flexibility index (Phi) is 9.47. The molecule has 0 aliphatic carbocycles. The molecule has 4 nitrogen and oxygen atoms in total. The van der Waals surface area contributed by atoms with Crippen LogP contribution >= 0.6 is 0 Å².